The minimum Gasteiger partial charge on any atom is -0.508 e. The second-order valence-corrected chi connectivity index (χ2v) is 5.04. The topological polar surface area (TPSA) is 40.5 Å². The summed E-state index contributed by atoms with van der Waals surface area (Å²) in [5.41, 5.74) is 0.991. The van der Waals surface area contributed by atoms with E-state index in [1.165, 1.54) is 17.0 Å². The molecule has 0 aliphatic rings. The lowest BCUT2D eigenvalue weighted by atomic mass is 10.1. The smallest absolute Gasteiger partial charge is 0.259 e. The number of rotatable bonds is 3. The summed E-state index contributed by atoms with van der Waals surface area (Å²) in [6.07, 6.45) is 0. The Balaban J connectivity index is 2.39. The molecule has 2 aromatic rings. The zero-order valence-corrected chi connectivity index (χ0v) is 12.3. The zero-order chi connectivity index (χ0) is 14.7. The van der Waals surface area contributed by atoms with Gasteiger partial charge in [0, 0.05) is 23.3 Å². The Bertz CT molecular complexity index is 644. The number of benzene rings is 2. The summed E-state index contributed by atoms with van der Waals surface area (Å²) in [6, 6.07) is 11.3. The largest absolute Gasteiger partial charge is 0.508 e. The van der Waals surface area contributed by atoms with Crippen LogP contribution < -0.4 is 4.90 Å². The Labute approximate surface area is 127 Å². The highest BCUT2D eigenvalue weighted by Crippen LogP contribution is 2.26. The van der Waals surface area contributed by atoms with Gasteiger partial charge in [-0.2, -0.15) is 0 Å². The van der Waals surface area contributed by atoms with Gasteiger partial charge in [-0.15, -0.1) is 0 Å². The monoisotopic (exact) mass is 309 g/mol. The van der Waals surface area contributed by atoms with Crippen LogP contribution in [0.2, 0.25) is 10.0 Å². The third kappa shape index (κ3) is 3.06. The first-order chi connectivity index (χ1) is 9.52. The number of nitrogens with zero attached hydrogens (tertiary/aromatic N) is 1. The van der Waals surface area contributed by atoms with Crippen molar-refractivity contribution in [2.45, 2.75) is 6.92 Å². The predicted octanol–water partition coefficient (Wildman–Crippen LogP) is 4.37. The summed E-state index contributed by atoms with van der Waals surface area (Å²) in [6.45, 7) is 2.31. The molecule has 0 fully saturated rings. The van der Waals surface area contributed by atoms with E-state index in [1.807, 2.05) is 6.92 Å². The molecule has 20 heavy (non-hydrogen) atoms. The molecule has 0 unspecified atom stereocenters. The van der Waals surface area contributed by atoms with Gasteiger partial charge >= 0.3 is 0 Å². The van der Waals surface area contributed by atoms with Gasteiger partial charge in [0.05, 0.1) is 10.6 Å². The van der Waals surface area contributed by atoms with E-state index in [4.69, 9.17) is 23.2 Å². The SMILES string of the molecule is CCN(C(=O)c1ccc(Cl)cc1Cl)c1cccc(O)c1. The summed E-state index contributed by atoms with van der Waals surface area (Å²) in [5.74, 6) is -0.129. The molecular weight excluding hydrogens is 297 g/mol. The van der Waals surface area contributed by atoms with Gasteiger partial charge in [0.2, 0.25) is 0 Å². The zero-order valence-electron chi connectivity index (χ0n) is 10.8. The number of hydrogen-bond acceptors (Lipinski definition) is 2. The third-order valence-electron chi connectivity index (χ3n) is 2.86. The highest BCUT2D eigenvalue weighted by molar-refractivity contribution is 6.37. The molecule has 0 atom stereocenters. The van der Waals surface area contributed by atoms with Crippen LogP contribution >= 0.6 is 23.2 Å². The van der Waals surface area contributed by atoms with Crippen molar-refractivity contribution >= 4 is 34.8 Å². The number of carbonyl (C=O) groups is 1. The van der Waals surface area contributed by atoms with Crippen molar-refractivity contribution in [2.24, 2.45) is 0 Å². The van der Waals surface area contributed by atoms with E-state index >= 15 is 0 Å². The maximum absolute atomic E-state index is 12.5. The van der Waals surface area contributed by atoms with E-state index in [9.17, 15) is 9.90 Å². The summed E-state index contributed by atoms with van der Waals surface area (Å²) < 4.78 is 0. The average Bonchev–Trinajstić information content (AvgIpc) is 2.39. The number of phenolic OH excluding ortho intramolecular Hbond substituents is 1. The maximum atomic E-state index is 12.5. The molecule has 1 N–H and O–H groups in total. The highest BCUT2D eigenvalue weighted by atomic mass is 35.5. The van der Waals surface area contributed by atoms with Crippen LogP contribution in [0.3, 0.4) is 0 Å². The summed E-state index contributed by atoms with van der Waals surface area (Å²) >= 11 is 11.9. The van der Waals surface area contributed by atoms with E-state index in [0.717, 1.165) is 0 Å². The minimum atomic E-state index is -0.236. The summed E-state index contributed by atoms with van der Waals surface area (Å²) in [7, 11) is 0. The Morgan fingerprint density at radius 1 is 1.20 bits per heavy atom. The standard InChI is InChI=1S/C15H13Cl2NO2/c1-2-18(11-4-3-5-12(19)9-11)15(20)13-7-6-10(16)8-14(13)17/h3-9,19H,2H2,1H3. The normalized spacial score (nSPS) is 10.3. The molecule has 0 bridgehead atoms. The predicted molar refractivity (Wildman–Crippen MR) is 81.9 cm³/mol. The molecule has 104 valence electrons. The first-order valence-electron chi connectivity index (χ1n) is 6.09. The molecule has 0 saturated heterocycles. The number of anilines is 1. The van der Waals surface area contributed by atoms with Gasteiger partial charge in [-0.05, 0) is 37.3 Å². The van der Waals surface area contributed by atoms with Crippen molar-refractivity contribution in [3.05, 3.63) is 58.1 Å². The maximum Gasteiger partial charge on any atom is 0.259 e. The van der Waals surface area contributed by atoms with Gasteiger partial charge in [-0.3, -0.25) is 4.79 Å². The molecule has 1 amide bonds. The molecule has 0 aromatic heterocycles. The van der Waals surface area contributed by atoms with Crippen LogP contribution in [-0.2, 0) is 0 Å². The second-order valence-electron chi connectivity index (χ2n) is 4.19. The van der Waals surface area contributed by atoms with Crippen LogP contribution in [0, 0.1) is 0 Å². The Hall–Kier alpha value is -1.71. The number of aromatic hydroxyl groups is 1. The van der Waals surface area contributed by atoms with Gasteiger partial charge in [0.25, 0.3) is 5.91 Å². The van der Waals surface area contributed by atoms with Crippen molar-refractivity contribution < 1.29 is 9.90 Å². The van der Waals surface area contributed by atoms with Crippen molar-refractivity contribution in [1.82, 2.24) is 0 Å². The van der Waals surface area contributed by atoms with Crippen molar-refractivity contribution in [1.29, 1.82) is 0 Å². The van der Waals surface area contributed by atoms with Gasteiger partial charge in [-0.1, -0.05) is 29.3 Å². The fraction of sp³-hybridized carbons (Fsp3) is 0.133. The minimum absolute atomic E-state index is 0.107. The van der Waals surface area contributed by atoms with Gasteiger partial charge in [-0.25, -0.2) is 0 Å². The highest BCUT2D eigenvalue weighted by Gasteiger charge is 2.19. The number of phenols is 1. The molecule has 0 saturated carbocycles. The van der Waals surface area contributed by atoms with Crippen LogP contribution in [0.25, 0.3) is 0 Å². The van der Waals surface area contributed by atoms with Crippen LogP contribution in [0.15, 0.2) is 42.5 Å². The molecule has 3 nitrogen and oxygen atoms in total. The molecule has 0 heterocycles. The number of halogens is 2. The average molecular weight is 310 g/mol. The van der Waals surface area contributed by atoms with E-state index in [-0.39, 0.29) is 11.7 Å². The van der Waals surface area contributed by atoms with Crippen LogP contribution in [0.1, 0.15) is 17.3 Å². The molecular formula is C15H13Cl2NO2. The third-order valence-corrected chi connectivity index (χ3v) is 3.41. The second kappa shape index (κ2) is 6.16. The Morgan fingerprint density at radius 2 is 1.95 bits per heavy atom. The van der Waals surface area contributed by atoms with E-state index in [2.05, 4.69) is 0 Å². The van der Waals surface area contributed by atoms with Crippen LogP contribution in [0.5, 0.6) is 5.75 Å². The fourth-order valence-corrected chi connectivity index (χ4v) is 2.40. The molecule has 5 heteroatoms. The van der Waals surface area contributed by atoms with Gasteiger partial charge in [0.15, 0.2) is 0 Å². The molecule has 2 aromatic carbocycles. The lowest BCUT2D eigenvalue weighted by Gasteiger charge is -2.21. The Kier molecular flexibility index (Phi) is 4.53. The lowest BCUT2D eigenvalue weighted by molar-refractivity contribution is 0.0988. The summed E-state index contributed by atoms with van der Waals surface area (Å²) in [4.78, 5) is 14.1. The van der Waals surface area contributed by atoms with E-state index in [0.29, 0.717) is 27.8 Å². The summed E-state index contributed by atoms with van der Waals surface area (Å²) in [5, 5.41) is 10.3. The molecule has 0 spiro atoms. The van der Waals surface area contributed by atoms with E-state index in [1.54, 1.807) is 30.3 Å². The van der Waals surface area contributed by atoms with Gasteiger partial charge < -0.3 is 10.0 Å². The molecule has 0 aliphatic heterocycles. The van der Waals surface area contributed by atoms with Gasteiger partial charge in [0.1, 0.15) is 5.75 Å². The first-order valence-corrected chi connectivity index (χ1v) is 6.84. The quantitative estimate of drug-likeness (QED) is 0.914. The molecule has 2 rings (SSSR count). The number of carbonyl (C=O) groups excluding carboxylic acids is 1. The molecule has 0 radical (unpaired) electrons. The first kappa shape index (κ1) is 14.7. The lowest BCUT2D eigenvalue weighted by Crippen LogP contribution is -2.30. The van der Waals surface area contributed by atoms with Crippen molar-refractivity contribution in [2.75, 3.05) is 11.4 Å². The fourth-order valence-electron chi connectivity index (χ4n) is 1.91. The van der Waals surface area contributed by atoms with Crippen LogP contribution in [0.4, 0.5) is 5.69 Å². The van der Waals surface area contributed by atoms with E-state index < -0.39 is 0 Å². The number of amides is 1. The molecule has 0 aliphatic carbocycles. The van der Waals surface area contributed by atoms with Crippen LogP contribution in [-0.4, -0.2) is 17.6 Å². The van der Waals surface area contributed by atoms with Crippen molar-refractivity contribution in [3.8, 4) is 5.75 Å². The number of hydrogen-bond donors (Lipinski definition) is 1. The Morgan fingerprint density at radius 3 is 2.55 bits per heavy atom. The van der Waals surface area contributed by atoms with Crippen molar-refractivity contribution in [3.63, 3.8) is 0 Å².